The minimum Gasteiger partial charge on any atom is -0.481 e. The van der Waals surface area contributed by atoms with E-state index in [1.54, 1.807) is 11.3 Å². The molecule has 3 nitrogen and oxygen atoms in total. The summed E-state index contributed by atoms with van der Waals surface area (Å²) < 4.78 is 0. The van der Waals surface area contributed by atoms with Crippen molar-refractivity contribution in [2.75, 3.05) is 0 Å². The van der Waals surface area contributed by atoms with Gasteiger partial charge in [0.2, 0.25) is 0 Å². The second-order valence-electron chi connectivity index (χ2n) is 4.55. The van der Waals surface area contributed by atoms with Crippen LogP contribution in [0.5, 0.6) is 0 Å². The number of hydrogen-bond acceptors (Lipinski definition) is 3. The lowest BCUT2D eigenvalue weighted by Crippen LogP contribution is -2.24. The average Bonchev–Trinajstić information content (AvgIpc) is 2.84. The van der Waals surface area contributed by atoms with Gasteiger partial charge in [-0.2, -0.15) is 0 Å². The van der Waals surface area contributed by atoms with Crippen LogP contribution in [0, 0.1) is 18.8 Å². The minimum absolute atomic E-state index is 0.232. The van der Waals surface area contributed by atoms with Gasteiger partial charge < -0.3 is 5.11 Å². The fourth-order valence-corrected chi connectivity index (χ4v) is 3.17. The molecule has 16 heavy (non-hydrogen) atoms. The van der Waals surface area contributed by atoms with E-state index < -0.39 is 5.97 Å². The number of aryl methyl sites for hydroxylation is 1. The molecule has 0 amide bonds. The fourth-order valence-electron chi connectivity index (χ4n) is 2.54. The Morgan fingerprint density at radius 1 is 1.62 bits per heavy atom. The molecule has 1 aliphatic carbocycles. The average molecular weight is 239 g/mol. The molecule has 0 aliphatic heterocycles. The number of carboxylic acids is 1. The molecule has 88 valence electrons. The summed E-state index contributed by atoms with van der Waals surface area (Å²) in [5, 5.41) is 12.3. The summed E-state index contributed by atoms with van der Waals surface area (Å²) in [4.78, 5) is 15.6. The van der Waals surface area contributed by atoms with Crippen LogP contribution < -0.4 is 0 Å². The number of rotatable bonds is 4. The van der Waals surface area contributed by atoms with Crippen LogP contribution in [-0.2, 0) is 11.2 Å². The zero-order valence-electron chi connectivity index (χ0n) is 9.48. The van der Waals surface area contributed by atoms with Crippen molar-refractivity contribution in [2.45, 2.75) is 39.0 Å². The van der Waals surface area contributed by atoms with Gasteiger partial charge in [0.1, 0.15) is 0 Å². The van der Waals surface area contributed by atoms with Crippen molar-refractivity contribution >= 4 is 17.3 Å². The highest BCUT2D eigenvalue weighted by Gasteiger charge is 2.31. The molecular weight excluding hydrogens is 222 g/mol. The van der Waals surface area contributed by atoms with Gasteiger partial charge in [0.05, 0.1) is 16.6 Å². The van der Waals surface area contributed by atoms with Crippen molar-refractivity contribution in [3.05, 3.63) is 16.1 Å². The van der Waals surface area contributed by atoms with Gasteiger partial charge in [-0.05, 0) is 25.7 Å². The van der Waals surface area contributed by atoms with Crippen molar-refractivity contribution in [1.29, 1.82) is 0 Å². The summed E-state index contributed by atoms with van der Waals surface area (Å²) in [7, 11) is 0. The van der Waals surface area contributed by atoms with Crippen LogP contribution in [0.1, 0.15) is 36.4 Å². The van der Waals surface area contributed by atoms with Crippen molar-refractivity contribution in [3.63, 3.8) is 0 Å². The van der Waals surface area contributed by atoms with Gasteiger partial charge in [-0.25, -0.2) is 4.98 Å². The molecule has 1 unspecified atom stereocenters. The van der Waals surface area contributed by atoms with Crippen molar-refractivity contribution in [2.24, 2.45) is 11.8 Å². The largest absolute Gasteiger partial charge is 0.481 e. The van der Waals surface area contributed by atoms with E-state index in [1.807, 2.05) is 12.3 Å². The van der Waals surface area contributed by atoms with Crippen molar-refractivity contribution in [1.82, 2.24) is 4.98 Å². The van der Waals surface area contributed by atoms with Crippen LogP contribution in [0.15, 0.2) is 5.38 Å². The Morgan fingerprint density at radius 2 is 2.31 bits per heavy atom. The van der Waals surface area contributed by atoms with Crippen LogP contribution in [0.4, 0.5) is 0 Å². The summed E-state index contributed by atoms with van der Waals surface area (Å²) in [6, 6.07) is 0. The number of hydrogen-bond donors (Lipinski definition) is 1. The van der Waals surface area contributed by atoms with E-state index in [-0.39, 0.29) is 5.92 Å². The zero-order valence-corrected chi connectivity index (χ0v) is 10.3. The molecule has 0 radical (unpaired) electrons. The normalized spacial score (nSPS) is 18.8. The molecular formula is C12H17NO2S. The number of carboxylic acid groups (broad SMARTS) is 1. The molecule has 1 saturated carbocycles. The number of aliphatic carboxylic acids is 1. The smallest absolute Gasteiger partial charge is 0.307 e. The number of thiazole rings is 1. The summed E-state index contributed by atoms with van der Waals surface area (Å²) in [5.41, 5.74) is 0.946. The van der Waals surface area contributed by atoms with E-state index >= 15 is 0 Å². The molecule has 0 bridgehead atoms. The molecule has 1 aromatic heterocycles. The minimum atomic E-state index is -0.655. The lowest BCUT2D eigenvalue weighted by molar-refractivity contribution is -0.143. The first kappa shape index (κ1) is 11.6. The Morgan fingerprint density at radius 3 is 2.81 bits per heavy atom. The van der Waals surface area contributed by atoms with Crippen LogP contribution in [0.25, 0.3) is 0 Å². The standard InChI is InChI=1S/C12H17NO2S/c1-8-13-10(7-16-8)6-11(12(14)15)9-4-2-3-5-9/h7,9,11H,2-6H2,1H3,(H,14,15). The van der Waals surface area contributed by atoms with E-state index in [0.29, 0.717) is 12.3 Å². The van der Waals surface area contributed by atoms with Crippen molar-refractivity contribution < 1.29 is 9.90 Å². The van der Waals surface area contributed by atoms with E-state index in [2.05, 4.69) is 4.98 Å². The lowest BCUT2D eigenvalue weighted by atomic mass is 9.87. The Bertz CT molecular complexity index is 369. The highest BCUT2D eigenvalue weighted by atomic mass is 32.1. The van der Waals surface area contributed by atoms with E-state index in [9.17, 15) is 9.90 Å². The first-order valence-electron chi connectivity index (χ1n) is 5.80. The third-order valence-electron chi connectivity index (χ3n) is 3.38. The molecule has 0 spiro atoms. The SMILES string of the molecule is Cc1nc(CC(C(=O)O)C2CCCC2)cs1. The summed E-state index contributed by atoms with van der Waals surface area (Å²) in [6.45, 7) is 1.96. The van der Waals surface area contributed by atoms with E-state index in [1.165, 1.54) is 12.8 Å². The highest BCUT2D eigenvalue weighted by Crippen LogP contribution is 2.33. The molecule has 1 fully saturated rings. The van der Waals surface area contributed by atoms with Gasteiger partial charge in [0.15, 0.2) is 0 Å². The van der Waals surface area contributed by atoms with Gasteiger partial charge in [-0.1, -0.05) is 12.8 Å². The molecule has 1 heterocycles. The summed E-state index contributed by atoms with van der Waals surface area (Å²) >= 11 is 1.60. The third kappa shape index (κ3) is 2.61. The fraction of sp³-hybridized carbons (Fsp3) is 0.667. The monoisotopic (exact) mass is 239 g/mol. The number of nitrogens with zero attached hydrogens (tertiary/aromatic N) is 1. The first-order valence-corrected chi connectivity index (χ1v) is 6.68. The lowest BCUT2D eigenvalue weighted by Gasteiger charge is -2.17. The third-order valence-corrected chi connectivity index (χ3v) is 4.20. The van der Waals surface area contributed by atoms with Gasteiger partial charge in [-0.3, -0.25) is 4.79 Å². The van der Waals surface area contributed by atoms with Gasteiger partial charge in [-0.15, -0.1) is 11.3 Å². The van der Waals surface area contributed by atoms with Crippen LogP contribution in [0.2, 0.25) is 0 Å². The first-order chi connectivity index (χ1) is 7.66. The Balaban J connectivity index is 2.05. The second-order valence-corrected chi connectivity index (χ2v) is 5.61. The second kappa shape index (κ2) is 4.95. The molecule has 4 heteroatoms. The van der Waals surface area contributed by atoms with Gasteiger partial charge in [0, 0.05) is 11.8 Å². The summed E-state index contributed by atoms with van der Waals surface area (Å²) in [6.07, 6.45) is 5.11. The molecule has 1 N–H and O–H groups in total. The number of carbonyl (C=O) groups is 1. The van der Waals surface area contributed by atoms with Crippen molar-refractivity contribution in [3.8, 4) is 0 Å². The molecule has 0 aromatic carbocycles. The Hall–Kier alpha value is -0.900. The Labute approximate surface area is 99.5 Å². The quantitative estimate of drug-likeness (QED) is 0.879. The topological polar surface area (TPSA) is 50.2 Å². The maximum Gasteiger partial charge on any atom is 0.307 e. The molecule has 1 atom stereocenters. The predicted molar refractivity (Wildman–Crippen MR) is 63.6 cm³/mol. The molecule has 1 aromatic rings. The molecule has 0 saturated heterocycles. The van der Waals surface area contributed by atoms with Crippen LogP contribution in [0.3, 0.4) is 0 Å². The van der Waals surface area contributed by atoms with E-state index in [0.717, 1.165) is 23.5 Å². The predicted octanol–water partition coefficient (Wildman–Crippen LogP) is 2.89. The van der Waals surface area contributed by atoms with E-state index in [4.69, 9.17) is 0 Å². The maximum atomic E-state index is 11.3. The van der Waals surface area contributed by atoms with Crippen LogP contribution >= 0.6 is 11.3 Å². The van der Waals surface area contributed by atoms with Gasteiger partial charge >= 0.3 is 5.97 Å². The van der Waals surface area contributed by atoms with Crippen LogP contribution in [-0.4, -0.2) is 16.1 Å². The molecule has 1 aliphatic rings. The summed E-state index contributed by atoms with van der Waals surface area (Å²) in [5.74, 6) is -0.527. The zero-order chi connectivity index (χ0) is 11.5. The maximum absolute atomic E-state index is 11.3. The highest BCUT2D eigenvalue weighted by molar-refractivity contribution is 7.09. The molecule has 2 rings (SSSR count). The Kier molecular flexibility index (Phi) is 3.59. The van der Waals surface area contributed by atoms with Gasteiger partial charge in [0.25, 0.3) is 0 Å². The number of aromatic nitrogens is 1.